The maximum atomic E-state index is 12.9. The molecule has 3 atom stereocenters. The Kier molecular flexibility index (Phi) is 7.89. The summed E-state index contributed by atoms with van der Waals surface area (Å²) in [4.78, 5) is 4.04. The van der Waals surface area contributed by atoms with Crippen molar-refractivity contribution in [3.8, 4) is 0 Å². The predicted octanol–water partition coefficient (Wildman–Crippen LogP) is 2.49. The summed E-state index contributed by atoms with van der Waals surface area (Å²) < 4.78 is 35.3. The van der Waals surface area contributed by atoms with E-state index in [0.717, 1.165) is 17.5 Å². The van der Waals surface area contributed by atoms with Crippen molar-refractivity contribution in [3.05, 3.63) is 59.9 Å². The van der Waals surface area contributed by atoms with Gasteiger partial charge in [0, 0.05) is 47.8 Å². The number of aliphatic hydroxyl groups excluding tert-OH is 1. The molecule has 0 bridgehead atoms. The minimum Gasteiger partial charge on any atom is -0.387 e. The van der Waals surface area contributed by atoms with Crippen LogP contribution in [0.3, 0.4) is 0 Å². The molecule has 176 valence electrons. The molecule has 0 aliphatic carbocycles. The summed E-state index contributed by atoms with van der Waals surface area (Å²) >= 11 is 0. The molecule has 1 aliphatic rings. The second-order valence-electron chi connectivity index (χ2n) is 9.11. The smallest absolute Gasteiger partial charge is 0.302 e. The maximum absolute atomic E-state index is 12.9. The third-order valence-corrected chi connectivity index (χ3v) is 7.32. The highest BCUT2D eigenvalue weighted by molar-refractivity contribution is 7.90. The number of nitrogens with one attached hydrogen (secondary N) is 2. The average Bonchev–Trinajstić information content (AvgIpc) is 2.73. The zero-order chi connectivity index (χ0) is 23.4. The molecule has 1 aromatic carbocycles. The molecule has 1 aliphatic heterocycles. The summed E-state index contributed by atoms with van der Waals surface area (Å²) in [5.41, 5.74) is 2.10. The lowest BCUT2D eigenvalue weighted by molar-refractivity contribution is 0.00669. The van der Waals surface area contributed by atoms with Crippen LogP contribution in [0.2, 0.25) is 0 Å². The summed E-state index contributed by atoms with van der Waals surface area (Å²) in [5.74, 6) is 0. The fourth-order valence-corrected chi connectivity index (χ4v) is 5.60. The van der Waals surface area contributed by atoms with Crippen LogP contribution in [-0.2, 0) is 21.4 Å². The first-order chi connectivity index (χ1) is 15.1. The highest BCUT2D eigenvalue weighted by Gasteiger charge is 2.35. The van der Waals surface area contributed by atoms with Gasteiger partial charge in [0.2, 0.25) is 0 Å². The number of nitrogens with zero attached hydrogens (tertiary/aromatic N) is 2. The molecule has 1 fully saturated rings. The molecule has 3 rings (SSSR count). The molecule has 9 heteroatoms. The molecular weight excluding hydrogens is 428 g/mol. The average molecular weight is 463 g/mol. The van der Waals surface area contributed by atoms with Gasteiger partial charge in [0.15, 0.2) is 0 Å². The Hall–Kier alpha value is -2.04. The van der Waals surface area contributed by atoms with E-state index >= 15 is 0 Å². The number of β-amino-alcohol motifs (C(OH)–C–C–N with tert-alkyl or cyclic N) is 1. The summed E-state index contributed by atoms with van der Waals surface area (Å²) in [7, 11) is -3.67. The molecule has 2 aromatic rings. The normalized spacial score (nSPS) is 21.3. The molecule has 0 saturated carbocycles. The van der Waals surface area contributed by atoms with Gasteiger partial charge in [-0.2, -0.15) is 12.7 Å². The Bertz CT molecular complexity index is 957. The number of aromatic nitrogens is 1. The maximum Gasteiger partial charge on any atom is 0.302 e. The number of anilines is 1. The minimum atomic E-state index is -3.67. The van der Waals surface area contributed by atoms with Gasteiger partial charge >= 0.3 is 10.2 Å². The first-order valence-corrected chi connectivity index (χ1v) is 12.3. The van der Waals surface area contributed by atoms with Crippen molar-refractivity contribution in [2.45, 2.75) is 57.8 Å². The molecule has 32 heavy (non-hydrogen) atoms. The number of ether oxygens (including phenoxy) is 1. The fraction of sp³-hybridized carbons (Fsp3) is 0.522. The van der Waals surface area contributed by atoms with E-state index in [0.29, 0.717) is 25.4 Å². The molecule has 3 N–H and O–H groups in total. The van der Waals surface area contributed by atoms with Gasteiger partial charge in [-0.3, -0.25) is 9.71 Å². The van der Waals surface area contributed by atoms with E-state index in [1.54, 1.807) is 30.6 Å². The summed E-state index contributed by atoms with van der Waals surface area (Å²) in [5, 5.41) is 13.8. The monoisotopic (exact) mass is 462 g/mol. The van der Waals surface area contributed by atoms with Crippen molar-refractivity contribution < 1.29 is 18.3 Å². The van der Waals surface area contributed by atoms with E-state index in [-0.39, 0.29) is 17.6 Å². The van der Waals surface area contributed by atoms with Crippen molar-refractivity contribution in [2.24, 2.45) is 0 Å². The first-order valence-electron chi connectivity index (χ1n) is 10.9. The zero-order valence-electron chi connectivity index (χ0n) is 19.2. The SMILES string of the molecule is C[C@@H]1COC[C@H](C)N1S(=O)(=O)Nc1ccc(CC(C)(C)NC[C@H](O)c2cccnc2)cc1. The summed E-state index contributed by atoms with van der Waals surface area (Å²) in [6.07, 6.45) is 3.43. The Morgan fingerprint density at radius 2 is 1.84 bits per heavy atom. The van der Waals surface area contributed by atoms with E-state index in [2.05, 4.69) is 28.9 Å². The quantitative estimate of drug-likeness (QED) is 0.529. The Morgan fingerprint density at radius 3 is 2.44 bits per heavy atom. The van der Waals surface area contributed by atoms with Crippen LogP contribution in [0.4, 0.5) is 5.69 Å². The lowest BCUT2D eigenvalue weighted by Gasteiger charge is -2.37. The number of pyridine rings is 1. The molecule has 1 saturated heterocycles. The zero-order valence-corrected chi connectivity index (χ0v) is 20.0. The van der Waals surface area contributed by atoms with Crippen molar-refractivity contribution in [3.63, 3.8) is 0 Å². The van der Waals surface area contributed by atoms with Crippen LogP contribution in [0.1, 0.15) is 44.9 Å². The van der Waals surface area contributed by atoms with Gasteiger partial charge in [-0.15, -0.1) is 0 Å². The van der Waals surface area contributed by atoms with E-state index in [1.165, 1.54) is 4.31 Å². The highest BCUT2D eigenvalue weighted by Crippen LogP contribution is 2.22. The highest BCUT2D eigenvalue weighted by atomic mass is 32.2. The van der Waals surface area contributed by atoms with Crippen LogP contribution >= 0.6 is 0 Å². The number of morpholine rings is 1. The third-order valence-electron chi connectivity index (χ3n) is 5.55. The van der Waals surface area contributed by atoms with Gasteiger partial charge in [-0.1, -0.05) is 18.2 Å². The van der Waals surface area contributed by atoms with E-state index in [4.69, 9.17) is 4.74 Å². The second-order valence-corrected chi connectivity index (χ2v) is 10.7. The van der Waals surface area contributed by atoms with Crippen molar-refractivity contribution in [1.82, 2.24) is 14.6 Å². The van der Waals surface area contributed by atoms with Gasteiger partial charge in [0.05, 0.1) is 19.3 Å². The number of aliphatic hydroxyl groups is 1. The van der Waals surface area contributed by atoms with Gasteiger partial charge in [-0.05, 0) is 57.9 Å². The van der Waals surface area contributed by atoms with Crippen LogP contribution in [0.5, 0.6) is 0 Å². The van der Waals surface area contributed by atoms with E-state index < -0.39 is 16.3 Å². The van der Waals surface area contributed by atoms with Crippen LogP contribution in [-0.4, -0.2) is 60.2 Å². The van der Waals surface area contributed by atoms with Crippen LogP contribution in [0.15, 0.2) is 48.8 Å². The number of rotatable bonds is 9. The van der Waals surface area contributed by atoms with E-state index in [9.17, 15) is 13.5 Å². The van der Waals surface area contributed by atoms with Crippen molar-refractivity contribution in [2.75, 3.05) is 24.5 Å². The summed E-state index contributed by atoms with van der Waals surface area (Å²) in [6, 6.07) is 10.6. The number of benzene rings is 1. The van der Waals surface area contributed by atoms with Crippen LogP contribution in [0.25, 0.3) is 0 Å². The van der Waals surface area contributed by atoms with Crippen LogP contribution < -0.4 is 10.0 Å². The predicted molar refractivity (Wildman–Crippen MR) is 126 cm³/mol. The molecule has 2 heterocycles. The largest absolute Gasteiger partial charge is 0.387 e. The van der Waals surface area contributed by atoms with Gasteiger partial charge in [0.1, 0.15) is 0 Å². The molecule has 0 amide bonds. The van der Waals surface area contributed by atoms with Crippen LogP contribution in [0, 0.1) is 0 Å². The first kappa shape index (κ1) is 24.6. The molecular formula is C23H34N4O4S. The number of hydrogen-bond donors (Lipinski definition) is 3. The Labute approximate surface area is 191 Å². The Balaban J connectivity index is 1.57. The van der Waals surface area contributed by atoms with Crippen molar-refractivity contribution in [1.29, 1.82) is 0 Å². The van der Waals surface area contributed by atoms with Gasteiger partial charge in [0.25, 0.3) is 0 Å². The lowest BCUT2D eigenvalue weighted by Crippen LogP contribution is -2.54. The molecule has 0 spiro atoms. The Morgan fingerprint density at radius 1 is 1.19 bits per heavy atom. The topological polar surface area (TPSA) is 104 Å². The second kappa shape index (κ2) is 10.3. The summed E-state index contributed by atoms with van der Waals surface area (Å²) in [6.45, 7) is 9.02. The third kappa shape index (κ3) is 6.49. The van der Waals surface area contributed by atoms with Gasteiger partial charge < -0.3 is 15.2 Å². The lowest BCUT2D eigenvalue weighted by atomic mass is 9.94. The number of hydrogen-bond acceptors (Lipinski definition) is 6. The van der Waals surface area contributed by atoms with Gasteiger partial charge in [-0.25, -0.2) is 0 Å². The molecule has 1 aromatic heterocycles. The minimum absolute atomic E-state index is 0.218. The molecule has 0 unspecified atom stereocenters. The van der Waals surface area contributed by atoms with E-state index in [1.807, 2.05) is 32.0 Å². The molecule has 8 nitrogen and oxygen atoms in total. The fourth-order valence-electron chi connectivity index (χ4n) is 3.99. The standard InChI is InChI=1S/C23H34N4O4S/c1-17-15-31-16-18(2)27(17)32(29,30)26-21-9-7-19(8-10-21)12-23(3,4)25-14-22(28)20-6-5-11-24-13-20/h5-11,13,17-18,22,25-26,28H,12,14-16H2,1-4H3/t17-,18+,22-/m0/s1. The molecule has 0 radical (unpaired) electrons. The van der Waals surface area contributed by atoms with Crippen molar-refractivity contribution >= 4 is 15.9 Å².